The van der Waals surface area contributed by atoms with Gasteiger partial charge >= 0.3 is 0 Å². The fourth-order valence-electron chi connectivity index (χ4n) is 2.53. The van der Waals surface area contributed by atoms with Crippen molar-refractivity contribution in [2.75, 3.05) is 0 Å². The zero-order chi connectivity index (χ0) is 13.4. The van der Waals surface area contributed by atoms with Crippen molar-refractivity contribution in [2.45, 2.75) is 32.0 Å². The molecule has 20 heavy (non-hydrogen) atoms. The van der Waals surface area contributed by atoms with Gasteiger partial charge in [-0.05, 0) is 41.3 Å². The summed E-state index contributed by atoms with van der Waals surface area (Å²) in [7, 11) is 0. The van der Waals surface area contributed by atoms with Gasteiger partial charge in [-0.25, -0.2) is 0 Å². The van der Waals surface area contributed by atoms with Gasteiger partial charge < -0.3 is 5.32 Å². The number of nitrogens with one attached hydrogen (secondary N) is 1. The number of thiophene rings is 1. The van der Waals surface area contributed by atoms with Gasteiger partial charge in [0.1, 0.15) is 0 Å². The molecule has 4 heteroatoms. The first-order chi connectivity index (χ1) is 9.90. The molecule has 0 atom stereocenters. The Morgan fingerprint density at radius 2 is 2.15 bits per heavy atom. The van der Waals surface area contributed by atoms with E-state index in [2.05, 4.69) is 51.1 Å². The van der Waals surface area contributed by atoms with Crippen LogP contribution in [0.1, 0.15) is 24.1 Å². The van der Waals surface area contributed by atoms with Crippen LogP contribution in [0.2, 0.25) is 0 Å². The summed E-state index contributed by atoms with van der Waals surface area (Å²) < 4.78 is 2.13. The average Bonchev–Trinajstić information content (AvgIpc) is 3.05. The van der Waals surface area contributed by atoms with Gasteiger partial charge in [0.25, 0.3) is 0 Å². The quantitative estimate of drug-likeness (QED) is 0.778. The highest BCUT2D eigenvalue weighted by atomic mass is 32.1. The molecule has 1 aliphatic rings. The van der Waals surface area contributed by atoms with Crippen molar-refractivity contribution in [2.24, 2.45) is 0 Å². The third kappa shape index (κ3) is 2.37. The van der Waals surface area contributed by atoms with E-state index in [1.807, 2.05) is 0 Å². The minimum atomic E-state index is 0.718. The zero-order valence-corrected chi connectivity index (χ0v) is 12.1. The minimum Gasteiger partial charge on any atom is -0.308 e. The van der Waals surface area contributed by atoms with E-state index in [0.717, 1.165) is 19.1 Å². The predicted molar refractivity (Wildman–Crippen MR) is 83.0 cm³/mol. The molecule has 1 aromatic carbocycles. The molecular formula is C16H17N3S. The molecule has 2 aromatic heterocycles. The lowest BCUT2D eigenvalue weighted by Crippen LogP contribution is -2.16. The Hall–Kier alpha value is -1.65. The maximum atomic E-state index is 4.82. The van der Waals surface area contributed by atoms with E-state index < -0.39 is 0 Å². The molecule has 3 aromatic rings. The Balaban J connectivity index is 1.68. The lowest BCUT2D eigenvalue weighted by Gasteiger charge is -2.01. The van der Waals surface area contributed by atoms with E-state index in [1.54, 1.807) is 11.3 Å². The number of para-hydroxylation sites is 1. The molecular weight excluding hydrogens is 266 g/mol. The summed E-state index contributed by atoms with van der Waals surface area (Å²) in [6.07, 6.45) is 2.63. The molecule has 2 heterocycles. The highest BCUT2D eigenvalue weighted by Gasteiger charge is 2.21. The predicted octanol–water partition coefficient (Wildman–Crippen LogP) is 3.40. The van der Waals surface area contributed by atoms with Crippen LogP contribution in [-0.2, 0) is 13.1 Å². The first kappa shape index (κ1) is 12.1. The van der Waals surface area contributed by atoms with Crippen LogP contribution in [0.25, 0.3) is 10.9 Å². The molecule has 3 nitrogen and oxygen atoms in total. The van der Waals surface area contributed by atoms with Crippen LogP contribution >= 0.6 is 11.3 Å². The molecule has 1 fully saturated rings. The molecule has 1 aliphatic carbocycles. The van der Waals surface area contributed by atoms with Crippen molar-refractivity contribution in [1.82, 2.24) is 15.1 Å². The summed E-state index contributed by atoms with van der Waals surface area (Å²) in [4.78, 5) is 0. The Morgan fingerprint density at radius 1 is 1.25 bits per heavy atom. The highest BCUT2D eigenvalue weighted by Crippen LogP contribution is 2.23. The number of rotatable bonds is 5. The van der Waals surface area contributed by atoms with Crippen molar-refractivity contribution in [3.05, 3.63) is 52.3 Å². The number of aromatic nitrogens is 2. The molecule has 0 unspecified atom stereocenters. The first-order valence-electron chi connectivity index (χ1n) is 7.09. The summed E-state index contributed by atoms with van der Waals surface area (Å²) in [6.45, 7) is 1.73. The SMILES string of the molecule is c1ccc2c(c1)c(CNC1CC1)nn2Cc1ccsc1. The number of nitrogens with zero attached hydrogens (tertiary/aromatic N) is 2. The lowest BCUT2D eigenvalue weighted by atomic mass is 10.2. The number of fused-ring (bicyclic) bond motifs is 1. The third-order valence-corrected chi connectivity index (χ3v) is 4.51. The largest absolute Gasteiger partial charge is 0.308 e. The lowest BCUT2D eigenvalue weighted by molar-refractivity contribution is 0.641. The first-order valence-corrected chi connectivity index (χ1v) is 8.03. The van der Waals surface area contributed by atoms with Gasteiger partial charge in [-0.15, -0.1) is 0 Å². The molecule has 102 valence electrons. The molecule has 4 rings (SSSR count). The fraction of sp³-hybridized carbons (Fsp3) is 0.312. The van der Waals surface area contributed by atoms with E-state index in [-0.39, 0.29) is 0 Å². The fourth-order valence-corrected chi connectivity index (χ4v) is 3.19. The maximum Gasteiger partial charge on any atom is 0.0841 e. The average molecular weight is 283 g/mol. The van der Waals surface area contributed by atoms with E-state index in [4.69, 9.17) is 5.10 Å². The summed E-state index contributed by atoms with van der Waals surface area (Å²) in [5.74, 6) is 0. The molecule has 0 aliphatic heterocycles. The van der Waals surface area contributed by atoms with Crippen LogP contribution in [0.3, 0.4) is 0 Å². The van der Waals surface area contributed by atoms with E-state index in [0.29, 0.717) is 0 Å². The van der Waals surface area contributed by atoms with Crippen LogP contribution in [0.5, 0.6) is 0 Å². The summed E-state index contributed by atoms with van der Waals surface area (Å²) in [6, 6.07) is 11.4. The summed E-state index contributed by atoms with van der Waals surface area (Å²) in [5, 5.41) is 14.0. The van der Waals surface area contributed by atoms with Crippen LogP contribution < -0.4 is 5.32 Å². The van der Waals surface area contributed by atoms with Gasteiger partial charge in [-0.3, -0.25) is 4.68 Å². The summed E-state index contributed by atoms with van der Waals surface area (Å²) in [5.41, 5.74) is 3.72. The van der Waals surface area contributed by atoms with Crippen molar-refractivity contribution in [3.63, 3.8) is 0 Å². The third-order valence-electron chi connectivity index (χ3n) is 3.78. The van der Waals surface area contributed by atoms with Gasteiger partial charge in [0.2, 0.25) is 0 Å². The van der Waals surface area contributed by atoms with Crippen molar-refractivity contribution in [3.8, 4) is 0 Å². The van der Waals surface area contributed by atoms with Crippen LogP contribution in [0.4, 0.5) is 0 Å². The Bertz CT molecular complexity index is 710. The Kier molecular flexibility index (Phi) is 3.05. The van der Waals surface area contributed by atoms with Gasteiger partial charge in [-0.2, -0.15) is 16.4 Å². The van der Waals surface area contributed by atoms with Crippen molar-refractivity contribution >= 4 is 22.2 Å². The van der Waals surface area contributed by atoms with E-state index >= 15 is 0 Å². The van der Waals surface area contributed by atoms with Gasteiger partial charge in [0.15, 0.2) is 0 Å². The van der Waals surface area contributed by atoms with Crippen molar-refractivity contribution < 1.29 is 0 Å². The molecule has 0 amide bonds. The van der Waals surface area contributed by atoms with E-state index in [1.165, 1.54) is 35.0 Å². The normalized spacial score (nSPS) is 15.0. The maximum absolute atomic E-state index is 4.82. The smallest absolute Gasteiger partial charge is 0.0841 e. The molecule has 0 saturated heterocycles. The number of hydrogen-bond donors (Lipinski definition) is 1. The molecule has 0 bridgehead atoms. The van der Waals surface area contributed by atoms with Gasteiger partial charge in [0.05, 0.1) is 17.8 Å². The van der Waals surface area contributed by atoms with E-state index in [9.17, 15) is 0 Å². The summed E-state index contributed by atoms with van der Waals surface area (Å²) >= 11 is 1.74. The molecule has 0 spiro atoms. The van der Waals surface area contributed by atoms with Gasteiger partial charge in [0, 0.05) is 18.0 Å². The van der Waals surface area contributed by atoms with Crippen LogP contribution in [-0.4, -0.2) is 15.8 Å². The molecule has 1 N–H and O–H groups in total. The number of benzene rings is 1. The molecule has 1 saturated carbocycles. The monoisotopic (exact) mass is 283 g/mol. The Morgan fingerprint density at radius 3 is 2.95 bits per heavy atom. The second-order valence-electron chi connectivity index (χ2n) is 5.41. The second-order valence-corrected chi connectivity index (χ2v) is 6.19. The van der Waals surface area contributed by atoms with Crippen LogP contribution in [0, 0.1) is 0 Å². The number of hydrogen-bond acceptors (Lipinski definition) is 3. The standard InChI is InChI=1S/C16H17N3S/c1-2-4-16-14(3-1)15(9-17-13-5-6-13)18-19(16)10-12-7-8-20-11-12/h1-4,7-8,11,13,17H,5-6,9-10H2. The van der Waals surface area contributed by atoms with Crippen molar-refractivity contribution in [1.29, 1.82) is 0 Å². The molecule has 0 radical (unpaired) electrons. The Labute approximate surface area is 122 Å². The topological polar surface area (TPSA) is 29.9 Å². The highest BCUT2D eigenvalue weighted by molar-refractivity contribution is 7.07. The van der Waals surface area contributed by atoms with Crippen LogP contribution in [0.15, 0.2) is 41.1 Å². The second kappa shape index (κ2) is 5.04. The minimum absolute atomic E-state index is 0.718. The zero-order valence-electron chi connectivity index (χ0n) is 11.2. The van der Waals surface area contributed by atoms with Gasteiger partial charge in [-0.1, -0.05) is 18.2 Å².